The summed E-state index contributed by atoms with van der Waals surface area (Å²) in [6.07, 6.45) is 0.490. The van der Waals surface area contributed by atoms with E-state index in [1.54, 1.807) is 36.7 Å². The molecule has 0 spiro atoms. The normalized spacial score (nSPS) is 12.5. The number of aliphatic carboxylic acids is 1. The highest BCUT2D eigenvalue weighted by atomic mass is 35.5. The number of halogens is 1. The lowest BCUT2D eigenvalue weighted by Gasteiger charge is -2.28. The topological polar surface area (TPSA) is 113 Å². The molecule has 1 aromatic carbocycles. The van der Waals surface area contributed by atoms with Crippen molar-refractivity contribution >= 4 is 57.3 Å². The largest absolute Gasteiger partial charge is 0.479 e. The summed E-state index contributed by atoms with van der Waals surface area (Å²) in [7, 11) is 5.41. The van der Waals surface area contributed by atoms with Crippen molar-refractivity contribution in [3.63, 3.8) is 0 Å². The molecule has 11 heteroatoms. The van der Waals surface area contributed by atoms with Crippen LogP contribution in [-0.2, 0) is 16.1 Å². The van der Waals surface area contributed by atoms with Crippen LogP contribution in [0.5, 0.6) is 0 Å². The molecule has 0 saturated carbocycles. The number of fused-ring (bicyclic) bond motifs is 1. The van der Waals surface area contributed by atoms with E-state index in [0.29, 0.717) is 34.2 Å². The Bertz CT molecular complexity index is 1410. The van der Waals surface area contributed by atoms with Crippen LogP contribution in [0.1, 0.15) is 37.4 Å². The number of anilines is 3. The van der Waals surface area contributed by atoms with Gasteiger partial charge in [0.1, 0.15) is 22.3 Å². The highest BCUT2D eigenvalue weighted by Crippen LogP contribution is 2.47. The Morgan fingerprint density at radius 2 is 1.86 bits per heavy atom. The molecule has 0 aliphatic rings. The number of nitrogens with one attached hydrogen (secondary N) is 3. The van der Waals surface area contributed by atoms with Gasteiger partial charge in [-0.25, -0.2) is 14.8 Å². The number of rotatable bonds is 9. The van der Waals surface area contributed by atoms with Gasteiger partial charge in [0.05, 0.1) is 23.2 Å². The van der Waals surface area contributed by atoms with Crippen LogP contribution in [0.3, 0.4) is 0 Å². The maximum atomic E-state index is 12.7. The molecule has 4 rings (SSSR count). The van der Waals surface area contributed by atoms with Crippen LogP contribution in [0.2, 0.25) is 5.02 Å². The maximum absolute atomic E-state index is 12.7. The molecule has 4 aromatic rings. The van der Waals surface area contributed by atoms with Gasteiger partial charge < -0.3 is 30.4 Å². The Labute approximate surface area is 224 Å². The van der Waals surface area contributed by atoms with Gasteiger partial charge in [0.15, 0.2) is 6.10 Å². The molecule has 0 aliphatic carbocycles. The van der Waals surface area contributed by atoms with Crippen molar-refractivity contribution in [2.45, 2.75) is 39.0 Å². The minimum Gasteiger partial charge on any atom is -0.479 e. The van der Waals surface area contributed by atoms with Crippen molar-refractivity contribution in [3.05, 3.63) is 51.4 Å². The monoisotopic (exact) mass is 542 g/mol. The van der Waals surface area contributed by atoms with Gasteiger partial charge in [0, 0.05) is 48.9 Å². The molecule has 196 valence electrons. The van der Waals surface area contributed by atoms with Crippen molar-refractivity contribution in [3.8, 4) is 11.1 Å². The predicted molar refractivity (Wildman–Crippen MR) is 151 cm³/mol. The highest BCUT2D eigenvalue weighted by Gasteiger charge is 2.35. The molecule has 0 bridgehead atoms. The third-order valence-corrected chi connectivity index (χ3v) is 6.84. The molecule has 0 amide bonds. The number of hydrogen-bond acceptors (Lipinski definition) is 8. The van der Waals surface area contributed by atoms with Crippen molar-refractivity contribution in [2.75, 3.05) is 37.1 Å². The molecule has 1 atom stereocenters. The van der Waals surface area contributed by atoms with Crippen molar-refractivity contribution in [1.29, 1.82) is 0 Å². The van der Waals surface area contributed by atoms with Crippen molar-refractivity contribution in [2.24, 2.45) is 0 Å². The number of carbonyl (C=O) groups is 1. The average Bonchev–Trinajstić information content (AvgIpc) is 3.47. The molecule has 3 aromatic heterocycles. The lowest BCUT2D eigenvalue weighted by atomic mass is 9.93. The summed E-state index contributed by atoms with van der Waals surface area (Å²) in [6.45, 7) is 5.98. The summed E-state index contributed by atoms with van der Waals surface area (Å²) in [5, 5.41) is 24.3. The number of thiazole rings is 1. The van der Waals surface area contributed by atoms with E-state index < -0.39 is 17.7 Å². The summed E-state index contributed by atoms with van der Waals surface area (Å²) in [6, 6.07) is 7.34. The van der Waals surface area contributed by atoms with Gasteiger partial charge in [-0.3, -0.25) is 0 Å². The van der Waals surface area contributed by atoms with E-state index in [9.17, 15) is 9.90 Å². The Morgan fingerprint density at radius 3 is 2.38 bits per heavy atom. The number of hydrogen-bond donors (Lipinski definition) is 4. The van der Waals surface area contributed by atoms with Gasteiger partial charge >= 0.3 is 5.97 Å². The zero-order valence-electron chi connectivity index (χ0n) is 21.6. The molecule has 4 N–H and O–H groups in total. The van der Waals surface area contributed by atoms with E-state index in [-0.39, 0.29) is 0 Å². The fourth-order valence-electron chi connectivity index (χ4n) is 4.45. The standard InChI is InChI=1S/C26H31ClN6O3S/c1-26(2,3)36-21(25(34)35)19-17(14-7-9-15(27)10-8-14)18-20(28-4)24(30-6)33(13-16-31-11-12-37-16)23(18)32-22(19)29-5/h7-12,21,28,30H,13H2,1-6H3,(H,29,32)(H,34,35)/t21-/m0/s1. The highest BCUT2D eigenvalue weighted by molar-refractivity contribution is 7.09. The summed E-state index contributed by atoms with van der Waals surface area (Å²) >= 11 is 7.79. The van der Waals surface area contributed by atoms with E-state index in [4.69, 9.17) is 21.3 Å². The summed E-state index contributed by atoms with van der Waals surface area (Å²) in [5.41, 5.74) is 2.65. The maximum Gasteiger partial charge on any atom is 0.337 e. The Morgan fingerprint density at radius 1 is 1.16 bits per heavy atom. The number of carboxylic acids is 1. The van der Waals surface area contributed by atoms with E-state index >= 15 is 0 Å². The first-order chi connectivity index (χ1) is 17.6. The van der Waals surface area contributed by atoms with Crippen molar-refractivity contribution in [1.82, 2.24) is 14.5 Å². The van der Waals surface area contributed by atoms with E-state index in [1.165, 1.54) is 0 Å². The summed E-state index contributed by atoms with van der Waals surface area (Å²) < 4.78 is 8.17. The first-order valence-corrected chi connectivity index (χ1v) is 13.0. The number of pyridine rings is 1. The van der Waals surface area contributed by atoms with Crippen LogP contribution in [0.25, 0.3) is 22.2 Å². The zero-order chi connectivity index (χ0) is 26.9. The molecular formula is C26H31ClN6O3S. The quantitative estimate of drug-likeness (QED) is 0.206. The van der Waals surface area contributed by atoms with Gasteiger partial charge in [0.25, 0.3) is 0 Å². The number of aromatic nitrogens is 3. The van der Waals surface area contributed by atoms with Crippen molar-refractivity contribution < 1.29 is 14.6 Å². The van der Waals surface area contributed by atoms with E-state index in [2.05, 4.69) is 20.9 Å². The van der Waals surface area contributed by atoms with Crippen LogP contribution in [0.15, 0.2) is 35.8 Å². The number of benzene rings is 1. The van der Waals surface area contributed by atoms with Gasteiger partial charge in [-0.1, -0.05) is 23.7 Å². The minimum absolute atomic E-state index is 0.414. The fourth-order valence-corrected chi connectivity index (χ4v) is 5.18. The molecule has 0 fully saturated rings. The number of nitrogens with zero attached hydrogens (tertiary/aromatic N) is 3. The van der Waals surface area contributed by atoms with Gasteiger partial charge in [-0.15, -0.1) is 11.3 Å². The van der Waals surface area contributed by atoms with E-state index in [1.807, 2.05) is 56.9 Å². The minimum atomic E-state index is -1.28. The molecule has 0 radical (unpaired) electrons. The first kappa shape index (κ1) is 26.7. The molecule has 0 unspecified atom stereocenters. The second-order valence-electron chi connectivity index (χ2n) is 9.39. The number of ether oxygens (including phenoxy) is 1. The SMILES string of the molecule is CNc1nc2c(c(NC)c(NC)n2Cc2nccs2)c(-c2ccc(Cl)cc2)c1[C@H](OC(C)(C)C)C(=O)O. The second-order valence-corrected chi connectivity index (χ2v) is 10.8. The van der Waals surface area contributed by atoms with Gasteiger partial charge in [-0.05, 0) is 38.5 Å². The molecule has 0 saturated heterocycles. The first-order valence-electron chi connectivity index (χ1n) is 11.8. The van der Waals surface area contributed by atoms with Crippen LogP contribution >= 0.6 is 22.9 Å². The van der Waals surface area contributed by atoms with Crippen LogP contribution in [0.4, 0.5) is 17.3 Å². The van der Waals surface area contributed by atoms with Gasteiger partial charge in [0.2, 0.25) is 0 Å². The third kappa shape index (κ3) is 5.22. The lowest BCUT2D eigenvalue weighted by Crippen LogP contribution is -2.28. The Hall–Kier alpha value is -3.34. The smallest absolute Gasteiger partial charge is 0.337 e. The predicted octanol–water partition coefficient (Wildman–Crippen LogP) is 5.93. The molecule has 9 nitrogen and oxygen atoms in total. The van der Waals surface area contributed by atoms with E-state index in [0.717, 1.165) is 27.5 Å². The van der Waals surface area contributed by atoms with Crippen LogP contribution < -0.4 is 16.0 Å². The molecular weight excluding hydrogens is 512 g/mol. The molecule has 0 aliphatic heterocycles. The lowest BCUT2D eigenvalue weighted by molar-refractivity contribution is -0.160. The second kappa shape index (κ2) is 10.6. The van der Waals surface area contributed by atoms with Crippen LogP contribution in [-0.4, -0.2) is 52.4 Å². The zero-order valence-corrected chi connectivity index (χ0v) is 23.2. The number of carboxylic acid groups (broad SMARTS) is 1. The average molecular weight is 543 g/mol. The van der Waals surface area contributed by atoms with Gasteiger partial charge in [-0.2, -0.15) is 0 Å². The molecule has 37 heavy (non-hydrogen) atoms. The Balaban J connectivity index is 2.18. The summed E-state index contributed by atoms with van der Waals surface area (Å²) in [4.78, 5) is 22.1. The molecule has 3 heterocycles. The Kier molecular flexibility index (Phi) is 7.63. The fraction of sp³-hybridized carbons (Fsp3) is 0.346. The summed E-state index contributed by atoms with van der Waals surface area (Å²) in [5.74, 6) is 0.111. The van der Waals surface area contributed by atoms with Crippen LogP contribution in [0, 0.1) is 0 Å². The third-order valence-electron chi connectivity index (χ3n) is 5.82.